The summed E-state index contributed by atoms with van der Waals surface area (Å²) in [5.41, 5.74) is 3.88. The average Bonchev–Trinajstić information content (AvgIpc) is 2.97. The predicted octanol–water partition coefficient (Wildman–Crippen LogP) is 4.18. The molecule has 28 heavy (non-hydrogen) atoms. The fourth-order valence-electron chi connectivity index (χ4n) is 3.36. The van der Waals surface area contributed by atoms with Gasteiger partial charge in [0.15, 0.2) is 0 Å². The van der Waals surface area contributed by atoms with Gasteiger partial charge in [-0.2, -0.15) is 13.2 Å². The van der Waals surface area contributed by atoms with E-state index < -0.39 is 30.2 Å². The molecule has 148 valence electrons. The Morgan fingerprint density at radius 2 is 1.57 bits per heavy atom. The molecule has 0 fully saturated rings. The number of benzene rings is 2. The Bertz CT molecular complexity index is 852. The van der Waals surface area contributed by atoms with Crippen molar-refractivity contribution in [3.8, 4) is 11.1 Å². The molecule has 2 aromatic rings. The molecule has 0 unspecified atom stereocenters. The molecular weight excluding hydrogens is 375 g/mol. The number of carboxylic acid groups (broad SMARTS) is 1. The minimum Gasteiger partial charge on any atom is -0.480 e. The molecule has 2 N–H and O–H groups in total. The van der Waals surface area contributed by atoms with Gasteiger partial charge in [-0.25, -0.2) is 9.59 Å². The quantitative estimate of drug-likeness (QED) is 0.799. The van der Waals surface area contributed by atoms with E-state index in [0.717, 1.165) is 22.3 Å². The van der Waals surface area contributed by atoms with E-state index in [4.69, 9.17) is 9.84 Å². The second-order valence-electron chi connectivity index (χ2n) is 6.62. The molecule has 5 nitrogen and oxygen atoms in total. The number of ether oxygens (including phenoxy) is 1. The zero-order valence-corrected chi connectivity index (χ0v) is 14.9. The van der Waals surface area contributed by atoms with E-state index in [2.05, 4.69) is 0 Å². The van der Waals surface area contributed by atoms with Crippen molar-refractivity contribution in [1.82, 2.24) is 5.32 Å². The van der Waals surface area contributed by atoms with Crippen molar-refractivity contribution >= 4 is 12.1 Å². The summed E-state index contributed by atoms with van der Waals surface area (Å²) in [4.78, 5) is 23.1. The number of hydrogen-bond acceptors (Lipinski definition) is 3. The van der Waals surface area contributed by atoms with Crippen LogP contribution in [0, 0.1) is 5.92 Å². The molecule has 1 amide bonds. The molecule has 3 rings (SSSR count). The van der Waals surface area contributed by atoms with Gasteiger partial charge < -0.3 is 15.2 Å². The summed E-state index contributed by atoms with van der Waals surface area (Å²) < 4.78 is 43.6. The minimum atomic E-state index is -4.76. The summed E-state index contributed by atoms with van der Waals surface area (Å²) in [5.74, 6) is -4.31. The summed E-state index contributed by atoms with van der Waals surface area (Å²) in [7, 11) is 0. The maximum Gasteiger partial charge on any atom is 0.407 e. The number of carbonyl (C=O) groups excluding carboxylic acids is 1. The third-order valence-electron chi connectivity index (χ3n) is 4.90. The van der Waals surface area contributed by atoms with E-state index in [1.807, 2.05) is 53.8 Å². The highest BCUT2D eigenvalue weighted by Crippen LogP contribution is 2.44. The van der Waals surface area contributed by atoms with Crippen LogP contribution in [0.15, 0.2) is 48.5 Å². The van der Waals surface area contributed by atoms with Crippen molar-refractivity contribution in [2.75, 3.05) is 6.61 Å². The number of rotatable bonds is 5. The van der Waals surface area contributed by atoms with Gasteiger partial charge in [0.1, 0.15) is 12.6 Å². The molecule has 0 bridgehead atoms. The van der Waals surface area contributed by atoms with Crippen molar-refractivity contribution in [1.29, 1.82) is 0 Å². The fourth-order valence-corrected chi connectivity index (χ4v) is 3.36. The molecule has 0 radical (unpaired) electrons. The van der Waals surface area contributed by atoms with Gasteiger partial charge in [-0.3, -0.25) is 0 Å². The van der Waals surface area contributed by atoms with Crippen LogP contribution in [0.25, 0.3) is 11.1 Å². The summed E-state index contributed by atoms with van der Waals surface area (Å²) >= 11 is 0. The molecule has 2 atom stereocenters. The smallest absolute Gasteiger partial charge is 0.407 e. The first-order valence-electron chi connectivity index (χ1n) is 8.61. The van der Waals surface area contributed by atoms with Gasteiger partial charge in [0.2, 0.25) is 0 Å². The SMILES string of the molecule is C[C@H]([C@@H](NC(=O)OCC1c2ccccc2-c2ccccc21)C(=O)O)C(F)(F)F. The van der Waals surface area contributed by atoms with E-state index >= 15 is 0 Å². The van der Waals surface area contributed by atoms with Gasteiger partial charge in [-0.1, -0.05) is 55.5 Å². The number of amides is 1. The second-order valence-corrected chi connectivity index (χ2v) is 6.62. The lowest BCUT2D eigenvalue weighted by Crippen LogP contribution is -2.49. The van der Waals surface area contributed by atoms with Crippen LogP contribution >= 0.6 is 0 Å². The maximum absolute atomic E-state index is 12.8. The Labute approximate surface area is 159 Å². The van der Waals surface area contributed by atoms with Crippen molar-refractivity contribution in [2.45, 2.75) is 25.1 Å². The molecule has 8 heteroatoms. The Morgan fingerprint density at radius 3 is 2.04 bits per heavy atom. The van der Waals surface area contributed by atoms with Crippen molar-refractivity contribution < 1.29 is 32.6 Å². The van der Waals surface area contributed by atoms with E-state index in [-0.39, 0.29) is 12.5 Å². The second kappa shape index (κ2) is 7.53. The van der Waals surface area contributed by atoms with E-state index in [1.54, 1.807) is 0 Å². The van der Waals surface area contributed by atoms with Crippen LogP contribution in [-0.4, -0.2) is 36.0 Å². The highest BCUT2D eigenvalue weighted by Gasteiger charge is 2.45. The number of fused-ring (bicyclic) bond motifs is 3. The number of halogens is 3. The normalized spacial score (nSPS) is 15.3. The third kappa shape index (κ3) is 3.81. The largest absolute Gasteiger partial charge is 0.480 e. The van der Waals surface area contributed by atoms with Gasteiger partial charge in [0, 0.05) is 5.92 Å². The Kier molecular flexibility index (Phi) is 5.31. The first-order valence-corrected chi connectivity index (χ1v) is 8.61. The zero-order chi connectivity index (χ0) is 20.5. The first-order chi connectivity index (χ1) is 13.2. The average molecular weight is 393 g/mol. The van der Waals surface area contributed by atoms with Crippen LogP contribution in [0.2, 0.25) is 0 Å². The number of hydrogen-bond donors (Lipinski definition) is 2. The molecule has 1 aliphatic rings. The number of nitrogens with one attached hydrogen (secondary N) is 1. The van der Waals surface area contributed by atoms with Gasteiger partial charge in [-0.15, -0.1) is 0 Å². The summed E-state index contributed by atoms with van der Waals surface area (Å²) in [6.07, 6.45) is -5.97. The van der Waals surface area contributed by atoms with Crippen LogP contribution in [-0.2, 0) is 9.53 Å². The molecule has 2 aromatic carbocycles. The predicted molar refractivity (Wildman–Crippen MR) is 94.8 cm³/mol. The molecular formula is C20H18F3NO4. The number of alkyl halides is 3. The van der Waals surface area contributed by atoms with Crippen LogP contribution in [0.5, 0.6) is 0 Å². The summed E-state index contributed by atoms with van der Waals surface area (Å²) in [5, 5.41) is 10.8. The lowest BCUT2D eigenvalue weighted by Gasteiger charge is -2.23. The van der Waals surface area contributed by atoms with E-state index in [9.17, 15) is 22.8 Å². The van der Waals surface area contributed by atoms with Crippen LogP contribution < -0.4 is 5.32 Å². The summed E-state index contributed by atoms with van der Waals surface area (Å²) in [6, 6.07) is 13.0. The number of aliphatic carboxylic acids is 1. The molecule has 0 aromatic heterocycles. The van der Waals surface area contributed by atoms with Gasteiger partial charge in [0.25, 0.3) is 0 Å². The summed E-state index contributed by atoms with van der Waals surface area (Å²) in [6.45, 7) is 0.578. The zero-order valence-electron chi connectivity index (χ0n) is 14.9. The molecule has 0 saturated carbocycles. The number of alkyl carbamates (subject to hydrolysis) is 1. The monoisotopic (exact) mass is 393 g/mol. The van der Waals surface area contributed by atoms with Crippen molar-refractivity contribution in [3.05, 3.63) is 59.7 Å². The molecule has 1 aliphatic carbocycles. The standard InChI is InChI=1S/C20H18F3NO4/c1-11(20(21,22)23)17(18(25)26)24-19(27)28-10-16-14-8-4-2-6-12(14)13-7-3-5-9-15(13)16/h2-9,11,16-17H,10H2,1H3,(H,24,27)(H,25,26)/t11-,17-/m1/s1. The number of carbonyl (C=O) groups is 2. The lowest BCUT2D eigenvalue weighted by atomic mass is 9.98. The van der Waals surface area contributed by atoms with Crippen LogP contribution in [0.3, 0.4) is 0 Å². The van der Waals surface area contributed by atoms with Crippen LogP contribution in [0.1, 0.15) is 24.0 Å². The van der Waals surface area contributed by atoms with Crippen molar-refractivity contribution in [2.24, 2.45) is 5.92 Å². The third-order valence-corrected chi connectivity index (χ3v) is 4.90. The Morgan fingerprint density at radius 1 is 1.07 bits per heavy atom. The van der Waals surface area contributed by atoms with Gasteiger partial charge in [-0.05, 0) is 22.3 Å². The topological polar surface area (TPSA) is 75.6 Å². The van der Waals surface area contributed by atoms with Gasteiger partial charge >= 0.3 is 18.2 Å². The van der Waals surface area contributed by atoms with Crippen LogP contribution in [0.4, 0.5) is 18.0 Å². The fraction of sp³-hybridized carbons (Fsp3) is 0.300. The molecule has 0 heterocycles. The highest BCUT2D eigenvalue weighted by atomic mass is 19.4. The lowest BCUT2D eigenvalue weighted by molar-refractivity contribution is -0.184. The molecule has 0 spiro atoms. The van der Waals surface area contributed by atoms with E-state index in [0.29, 0.717) is 6.92 Å². The molecule has 0 aliphatic heterocycles. The Hall–Kier alpha value is -3.03. The van der Waals surface area contributed by atoms with Gasteiger partial charge in [0.05, 0.1) is 5.92 Å². The highest BCUT2D eigenvalue weighted by molar-refractivity contribution is 5.81. The number of carboxylic acids is 1. The first kappa shape index (κ1) is 19.7. The van der Waals surface area contributed by atoms with E-state index in [1.165, 1.54) is 0 Å². The minimum absolute atomic E-state index is 0.118. The Balaban J connectivity index is 1.72. The van der Waals surface area contributed by atoms with Crippen molar-refractivity contribution in [3.63, 3.8) is 0 Å². The maximum atomic E-state index is 12.8. The molecule has 0 saturated heterocycles.